The van der Waals surface area contributed by atoms with Crippen molar-refractivity contribution in [3.05, 3.63) is 65.5 Å². The summed E-state index contributed by atoms with van der Waals surface area (Å²) in [6, 6.07) is 12.4. The minimum atomic E-state index is -1.62. The Morgan fingerprint density at radius 2 is 1.42 bits per heavy atom. The molecule has 0 heterocycles. The third kappa shape index (κ3) is 8.56. The molecule has 0 aliphatic rings. The molecule has 1 amide bonds. The van der Waals surface area contributed by atoms with E-state index in [4.69, 9.17) is 14.2 Å². The Kier molecular flexibility index (Phi) is 8.19. The standard InChI is InChI=1S/C25H30FNO6/c1-24(2,3)32-21(28)20(22(29)33-25(4,5)6)18-14-17(26)12-13-19(18)27-23(30)31-15-16-10-8-7-9-11-16/h7-14,20H,15H2,1-6H3,(H,27,30). The molecular formula is C25H30FNO6. The van der Waals surface area contributed by atoms with Gasteiger partial charge in [0.05, 0.1) is 0 Å². The Labute approximate surface area is 193 Å². The summed E-state index contributed by atoms with van der Waals surface area (Å²) in [6.07, 6.45) is -0.834. The van der Waals surface area contributed by atoms with Crippen molar-refractivity contribution in [1.29, 1.82) is 0 Å². The molecule has 178 valence electrons. The van der Waals surface area contributed by atoms with Crippen LogP contribution in [0.5, 0.6) is 0 Å². The zero-order valence-corrected chi connectivity index (χ0v) is 19.7. The van der Waals surface area contributed by atoms with Crippen molar-refractivity contribution in [2.45, 2.75) is 65.3 Å². The first-order chi connectivity index (χ1) is 15.2. The van der Waals surface area contributed by atoms with E-state index in [9.17, 15) is 18.8 Å². The highest BCUT2D eigenvalue weighted by molar-refractivity contribution is 6.03. The van der Waals surface area contributed by atoms with Crippen LogP contribution in [0.25, 0.3) is 0 Å². The molecule has 8 heteroatoms. The van der Waals surface area contributed by atoms with Crippen LogP contribution in [0.2, 0.25) is 0 Å². The van der Waals surface area contributed by atoms with Crippen molar-refractivity contribution < 1.29 is 33.0 Å². The molecule has 0 saturated heterocycles. The van der Waals surface area contributed by atoms with Crippen LogP contribution in [0.1, 0.15) is 58.6 Å². The molecule has 0 unspecified atom stereocenters. The molecule has 0 spiro atoms. The smallest absolute Gasteiger partial charge is 0.411 e. The Hall–Kier alpha value is -3.42. The van der Waals surface area contributed by atoms with E-state index in [1.165, 1.54) is 6.07 Å². The van der Waals surface area contributed by atoms with Crippen molar-refractivity contribution >= 4 is 23.7 Å². The van der Waals surface area contributed by atoms with Crippen molar-refractivity contribution in [3.63, 3.8) is 0 Å². The van der Waals surface area contributed by atoms with Crippen LogP contribution in [0.3, 0.4) is 0 Å². The SMILES string of the molecule is CC(C)(C)OC(=O)C(C(=O)OC(C)(C)C)c1cc(F)ccc1NC(=O)OCc1ccccc1. The van der Waals surface area contributed by atoms with Crippen LogP contribution in [0, 0.1) is 5.82 Å². The minimum Gasteiger partial charge on any atom is -0.459 e. The second kappa shape index (κ2) is 10.5. The number of amides is 1. The maximum Gasteiger partial charge on any atom is 0.411 e. The molecule has 0 saturated carbocycles. The highest BCUT2D eigenvalue weighted by Gasteiger charge is 2.38. The van der Waals surface area contributed by atoms with Crippen LogP contribution in [-0.4, -0.2) is 29.2 Å². The monoisotopic (exact) mass is 459 g/mol. The molecule has 0 aromatic heterocycles. The zero-order chi connectivity index (χ0) is 24.8. The Bertz CT molecular complexity index is 964. The van der Waals surface area contributed by atoms with Crippen LogP contribution in [0.15, 0.2) is 48.5 Å². The lowest BCUT2D eigenvalue weighted by Gasteiger charge is -2.27. The first-order valence-electron chi connectivity index (χ1n) is 10.5. The van der Waals surface area contributed by atoms with Gasteiger partial charge in [0.25, 0.3) is 0 Å². The van der Waals surface area contributed by atoms with E-state index < -0.39 is 41.0 Å². The second-order valence-electron chi connectivity index (χ2n) is 9.42. The number of hydrogen-bond donors (Lipinski definition) is 1. The van der Waals surface area contributed by atoms with Gasteiger partial charge in [-0.05, 0) is 65.3 Å². The molecule has 2 aromatic rings. The van der Waals surface area contributed by atoms with Crippen LogP contribution >= 0.6 is 0 Å². The van der Waals surface area contributed by atoms with E-state index in [1.54, 1.807) is 65.8 Å². The summed E-state index contributed by atoms with van der Waals surface area (Å²) in [6.45, 7) is 9.85. The molecule has 2 aromatic carbocycles. The van der Waals surface area contributed by atoms with Gasteiger partial charge in [0.2, 0.25) is 0 Å². The molecule has 0 aliphatic heterocycles. The summed E-state index contributed by atoms with van der Waals surface area (Å²) in [7, 11) is 0. The Morgan fingerprint density at radius 3 is 1.94 bits per heavy atom. The summed E-state index contributed by atoms with van der Waals surface area (Å²) in [5, 5.41) is 2.48. The van der Waals surface area contributed by atoms with Gasteiger partial charge < -0.3 is 14.2 Å². The van der Waals surface area contributed by atoms with Crippen molar-refractivity contribution in [2.24, 2.45) is 0 Å². The molecule has 1 N–H and O–H groups in total. The number of rotatable bonds is 6. The highest BCUT2D eigenvalue weighted by atomic mass is 19.1. The number of nitrogens with one attached hydrogen (secondary N) is 1. The van der Waals surface area contributed by atoms with Crippen LogP contribution in [0.4, 0.5) is 14.9 Å². The van der Waals surface area contributed by atoms with Crippen molar-refractivity contribution in [1.82, 2.24) is 0 Å². The third-order valence-electron chi connectivity index (χ3n) is 4.06. The molecule has 0 fully saturated rings. The van der Waals surface area contributed by atoms with Gasteiger partial charge in [0.1, 0.15) is 23.6 Å². The molecule has 0 aliphatic carbocycles. The fourth-order valence-corrected chi connectivity index (χ4v) is 2.83. The lowest BCUT2D eigenvalue weighted by molar-refractivity contribution is -0.169. The number of esters is 2. The molecule has 0 bridgehead atoms. The van der Waals surface area contributed by atoms with E-state index in [1.807, 2.05) is 6.07 Å². The predicted octanol–water partition coefficient (Wildman–Crippen LogP) is 5.34. The van der Waals surface area contributed by atoms with E-state index in [-0.39, 0.29) is 17.9 Å². The fourth-order valence-electron chi connectivity index (χ4n) is 2.83. The average Bonchev–Trinajstić information content (AvgIpc) is 2.66. The summed E-state index contributed by atoms with van der Waals surface area (Å²) >= 11 is 0. The first kappa shape index (κ1) is 25.8. The quantitative estimate of drug-likeness (QED) is 0.356. The van der Waals surface area contributed by atoms with E-state index in [0.717, 1.165) is 17.7 Å². The molecule has 33 heavy (non-hydrogen) atoms. The van der Waals surface area contributed by atoms with Gasteiger partial charge in [-0.1, -0.05) is 30.3 Å². The normalized spacial score (nSPS) is 11.6. The lowest BCUT2D eigenvalue weighted by atomic mass is 9.96. The summed E-state index contributed by atoms with van der Waals surface area (Å²) in [5.41, 5.74) is -1.13. The van der Waals surface area contributed by atoms with Gasteiger partial charge in [-0.15, -0.1) is 0 Å². The molecule has 2 rings (SSSR count). The van der Waals surface area contributed by atoms with Crippen LogP contribution in [-0.2, 0) is 30.4 Å². The summed E-state index contributed by atoms with van der Waals surface area (Å²) in [5.74, 6) is -4.18. The predicted molar refractivity (Wildman–Crippen MR) is 121 cm³/mol. The largest absolute Gasteiger partial charge is 0.459 e. The highest BCUT2D eigenvalue weighted by Crippen LogP contribution is 2.31. The molecular weight excluding hydrogens is 429 g/mol. The Morgan fingerprint density at radius 1 is 0.879 bits per heavy atom. The molecule has 7 nitrogen and oxygen atoms in total. The van der Waals surface area contributed by atoms with Gasteiger partial charge in [0.15, 0.2) is 5.92 Å². The zero-order valence-electron chi connectivity index (χ0n) is 19.7. The number of ether oxygens (including phenoxy) is 3. The number of carbonyl (C=O) groups excluding carboxylic acids is 3. The number of anilines is 1. The van der Waals surface area contributed by atoms with Gasteiger partial charge in [-0.3, -0.25) is 14.9 Å². The number of carbonyl (C=O) groups is 3. The molecule has 0 atom stereocenters. The van der Waals surface area contributed by atoms with Crippen LogP contribution < -0.4 is 5.32 Å². The average molecular weight is 460 g/mol. The summed E-state index contributed by atoms with van der Waals surface area (Å²) in [4.78, 5) is 38.3. The summed E-state index contributed by atoms with van der Waals surface area (Å²) < 4.78 is 30.1. The maximum absolute atomic E-state index is 14.2. The van der Waals surface area contributed by atoms with Gasteiger partial charge in [-0.25, -0.2) is 9.18 Å². The number of benzene rings is 2. The maximum atomic E-state index is 14.2. The molecule has 0 radical (unpaired) electrons. The minimum absolute atomic E-state index is 0.00472. The fraction of sp³-hybridized carbons (Fsp3) is 0.400. The van der Waals surface area contributed by atoms with Crippen molar-refractivity contribution in [3.8, 4) is 0 Å². The topological polar surface area (TPSA) is 90.9 Å². The van der Waals surface area contributed by atoms with Gasteiger partial charge in [-0.2, -0.15) is 0 Å². The van der Waals surface area contributed by atoms with E-state index in [2.05, 4.69) is 5.32 Å². The second-order valence-corrected chi connectivity index (χ2v) is 9.42. The van der Waals surface area contributed by atoms with Crippen molar-refractivity contribution in [2.75, 3.05) is 5.32 Å². The first-order valence-corrected chi connectivity index (χ1v) is 10.5. The third-order valence-corrected chi connectivity index (χ3v) is 4.06. The Balaban J connectivity index is 2.35. The number of halogens is 1. The van der Waals surface area contributed by atoms with Gasteiger partial charge >= 0.3 is 18.0 Å². The lowest BCUT2D eigenvalue weighted by Crippen LogP contribution is -2.36. The number of hydrogen-bond acceptors (Lipinski definition) is 6. The van der Waals surface area contributed by atoms with E-state index >= 15 is 0 Å². The van der Waals surface area contributed by atoms with E-state index in [0.29, 0.717) is 0 Å². The van der Waals surface area contributed by atoms with Gasteiger partial charge in [0, 0.05) is 11.3 Å².